The Morgan fingerprint density at radius 1 is 1.12 bits per heavy atom. The normalized spacial score (nSPS) is 12.6. The molecule has 1 atom stereocenters. The summed E-state index contributed by atoms with van der Waals surface area (Å²) in [7, 11) is 1.76. The zero-order valence-corrected chi connectivity index (χ0v) is 11.1. The first-order valence-corrected chi connectivity index (χ1v) is 6.59. The van der Waals surface area contributed by atoms with Gasteiger partial charge in [-0.1, -0.05) is 30.3 Å². The van der Waals surface area contributed by atoms with Crippen molar-refractivity contribution < 1.29 is 4.74 Å². The minimum Gasteiger partial charge on any atom is -0.385 e. The number of nitrogens with one attached hydrogen (secondary N) is 1. The van der Waals surface area contributed by atoms with E-state index in [1.807, 2.05) is 0 Å². The Kier molecular flexibility index (Phi) is 7.69. The van der Waals surface area contributed by atoms with E-state index < -0.39 is 0 Å². The highest BCUT2D eigenvalue weighted by molar-refractivity contribution is 5.15. The van der Waals surface area contributed by atoms with Gasteiger partial charge in [-0.05, 0) is 44.7 Å². The molecule has 0 heterocycles. The van der Waals surface area contributed by atoms with Crippen molar-refractivity contribution in [1.29, 1.82) is 0 Å². The first kappa shape index (κ1) is 14.2. The first-order chi connectivity index (χ1) is 8.33. The van der Waals surface area contributed by atoms with Crippen LogP contribution in [0.5, 0.6) is 0 Å². The summed E-state index contributed by atoms with van der Waals surface area (Å²) in [5, 5.41) is 3.57. The zero-order chi connectivity index (χ0) is 12.3. The molecule has 1 N–H and O–H groups in total. The second kappa shape index (κ2) is 9.20. The minimum absolute atomic E-state index is 0.555. The molecule has 0 saturated heterocycles. The van der Waals surface area contributed by atoms with Gasteiger partial charge in [0.25, 0.3) is 0 Å². The van der Waals surface area contributed by atoms with Crippen molar-refractivity contribution in [3.05, 3.63) is 35.9 Å². The van der Waals surface area contributed by atoms with Crippen LogP contribution in [0.2, 0.25) is 0 Å². The van der Waals surface area contributed by atoms with Gasteiger partial charge >= 0.3 is 0 Å². The summed E-state index contributed by atoms with van der Waals surface area (Å²) >= 11 is 0. The third-order valence-corrected chi connectivity index (χ3v) is 2.90. The number of hydrogen-bond acceptors (Lipinski definition) is 2. The molecule has 0 bridgehead atoms. The molecule has 0 aliphatic heterocycles. The van der Waals surface area contributed by atoms with Gasteiger partial charge in [0.15, 0.2) is 0 Å². The van der Waals surface area contributed by atoms with Crippen molar-refractivity contribution >= 4 is 0 Å². The van der Waals surface area contributed by atoms with Crippen LogP contribution in [-0.4, -0.2) is 26.3 Å². The van der Waals surface area contributed by atoms with Crippen LogP contribution in [0, 0.1) is 0 Å². The summed E-state index contributed by atoms with van der Waals surface area (Å²) in [6.07, 6.45) is 4.77. The lowest BCUT2D eigenvalue weighted by atomic mass is 10.1. The minimum atomic E-state index is 0.555. The van der Waals surface area contributed by atoms with Crippen LogP contribution in [-0.2, 0) is 11.2 Å². The third kappa shape index (κ3) is 7.14. The molecule has 0 aromatic heterocycles. The van der Waals surface area contributed by atoms with E-state index in [1.165, 1.54) is 24.8 Å². The van der Waals surface area contributed by atoms with Crippen molar-refractivity contribution in [3.63, 3.8) is 0 Å². The molecule has 0 fully saturated rings. The topological polar surface area (TPSA) is 21.3 Å². The summed E-state index contributed by atoms with van der Waals surface area (Å²) in [5.41, 5.74) is 1.41. The van der Waals surface area contributed by atoms with Crippen molar-refractivity contribution in [2.75, 3.05) is 20.3 Å². The van der Waals surface area contributed by atoms with Crippen LogP contribution < -0.4 is 5.32 Å². The standard InChI is InChI=1S/C15H25NO/c1-14(13-15-9-5-3-6-10-15)16-11-7-4-8-12-17-2/h3,5-6,9-10,14,16H,4,7-8,11-13H2,1-2H3. The fraction of sp³-hybridized carbons (Fsp3) is 0.600. The van der Waals surface area contributed by atoms with Crippen LogP contribution in [0.15, 0.2) is 30.3 Å². The largest absolute Gasteiger partial charge is 0.385 e. The average Bonchev–Trinajstić information content (AvgIpc) is 2.35. The molecule has 2 nitrogen and oxygen atoms in total. The van der Waals surface area contributed by atoms with Gasteiger partial charge in [0.2, 0.25) is 0 Å². The van der Waals surface area contributed by atoms with Gasteiger partial charge in [-0.2, -0.15) is 0 Å². The Morgan fingerprint density at radius 2 is 1.88 bits per heavy atom. The van der Waals surface area contributed by atoms with E-state index in [1.54, 1.807) is 7.11 Å². The van der Waals surface area contributed by atoms with E-state index in [2.05, 4.69) is 42.6 Å². The first-order valence-electron chi connectivity index (χ1n) is 6.59. The highest BCUT2D eigenvalue weighted by Crippen LogP contribution is 2.03. The van der Waals surface area contributed by atoms with Crippen LogP contribution >= 0.6 is 0 Å². The van der Waals surface area contributed by atoms with E-state index in [9.17, 15) is 0 Å². The summed E-state index contributed by atoms with van der Waals surface area (Å²) in [6, 6.07) is 11.2. The zero-order valence-electron chi connectivity index (χ0n) is 11.1. The molecule has 0 aliphatic carbocycles. The predicted octanol–water partition coefficient (Wildman–Crippen LogP) is 3.02. The summed E-state index contributed by atoms with van der Waals surface area (Å²) in [6.45, 7) is 4.25. The summed E-state index contributed by atoms with van der Waals surface area (Å²) in [4.78, 5) is 0. The fourth-order valence-corrected chi connectivity index (χ4v) is 1.94. The van der Waals surface area contributed by atoms with E-state index in [-0.39, 0.29) is 0 Å². The molecular formula is C15H25NO. The molecule has 2 heteroatoms. The molecule has 96 valence electrons. The van der Waals surface area contributed by atoms with Gasteiger partial charge < -0.3 is 10.1 Å². The second-order valence-electron chi connectivity index (χ2n) is 4.60. The molecule has 0 spiro atoms. The maximum atomic E-state index is 5.03. The van der Waals surface area contributed by atoms with Gasteiger partial charge in [0.1, 0.15) is 0 Å². The molecule has 1 aromatic rings. The van der Waals surface area contributed by atoms with Crippen LogP contribution in [0.25, 0.3) is 0 Å². The molecule has 0 aliphatic rings. The number of benzene rings is 1. The van der Waals surface area contributed by atoms with Crippen molar-refractivity contribution in [1.82, 2.24) is 5.32 Å². The Hall–Kier alpha value is -0.860. The second-order valence-corrected chi connectivity index (χ2v) is 4.60. The van der Waals surface area contributed by atoms with E-state index in [0.717, 1.165) is 19.6 Å². The lowest BCUT2D eigenvalue weighted by Gasteiger charge is -2.13. The highest BCUT2D eigenvalue weighted by atomic mass is 16.5. The molecule has 1 unspecified atom stereocenters. The molecule has 1 aromatic carbocycles. The van der Waals surface area contributed by atoms with Crippen LogP contribution in [0.3, 0.4) is 0 Å². The van der Waals surface area contributed by atoms with E-state index in [0.29, 0.717) is 6.04 Å². The van der Waals surface area contributed by atoms with Crippen molar-refractivity contribution in [3.8, 4) is 0 Å². The maximum absolute atomic E-state index is 5.03. The van der Waals surface area contributed by atoms with Gasteiger partial charge in [0, 0.05) is 19.8 Å². The number of hydrogen-bond donors (Lipinski definition) is 1. The molecule has 1 rings (SSSR count). The Bertz CT molecular complexity index is 274. The SMILES string of the molecule is COCCCCCNC(C)Cc1ccccc1. The molecule has 0 saturated carbocycles. The van der Waals surface area contributed by atoms with Gasteiger partial charge in [-0.3, -0.25) is 0 Å². The smallest absolute Gasteiger partial charge is 0.0462 e. The quantitative estimate of drug-likeness (QED) is 0.664. The van der Waals surface area contributed by atoms with Gasteiger partial charge in [-0.25, -0.2) is 0 Å². The molecule has 0 radical (unpaired) electrons. The van der Waals surface area contributed by atoms with Crippen LogP contribution in [0.4, 0.5) is 0 Å². The van der Waals surface area contributed by atoms with Gasteiger partial charge in [0.05, 0.1) is 0 Å². The Morgan fingerprint density at radius 3 is 2.59 bits per heavy atom. The number of unbranched alkanes of at least 4 members (excludes halogenated alkanes) is 2. The molecule has 17 heavy (non-hydrogen) atoms. The Labute approximate surface area is 105 Å². The number of rotatable bonds is 9. The molecular weight excluding hydrogens is 210 g/mol. The number of methoxy groups -OCH3 is 1. The van der Waals surface area contributed by atoms with Crippen molar-refractivity contribution in [2.24, 2.45) is 0 Å². The van der Waals surface area contributed by atoms with Gasteiger partial charge in [-0.15, -0.1) is 0 Å². The van der Waals surface area contributed by atoms with Crippen LogP contribution in [0.1, 0.15) is 31.7 Å². The van der Waals surface area contributed by atoms with E-state index >= 15 is 0 Å². The number of ether oxygens (including phenoxy) is 1. The predicted molar refractivity (Wildman–Crippen MR) is 73.3 cm³/mol. The summed E-state index contributed by atoms with van der Waals surface area (Å²) < 4.78 is 5.03. The lowest BCUT2D eigenvalue weighted by Crippen LogP contribution is -2.28. The maximum Gasteiger partial charge on any atom is 0.0462 e. The average molecular weight is 235 g/mol. The van der Waals surface area contributed by atoms with Crippen molar-refractivity contribution in [2.45, 2.75) is 38.6 Å². The third-order valence-electron chi connectivity index (χ3n) is 2.90. The molecule has 0 amide bonds. The summed E-state index contributed by atoms with van der Waals surface area (Å²) in [5.74, 6) is 0. The highest BCUT2D eigenvalue weighted by Gasteiger charge is 2.01. The van der Waals surface area contributed by atoms with E-state index in [4.69, 9.17) is 4.74 Å². The fourth-order valence-electron chi connectivity index (χ4n) is 1.94. The lowest BCUT2D eigenvalue weighted by molar-refractivity contribution is 0.192. The monoisotopic (exact) mass is 235 g/mol. The Balaban J connectivity index is 2.03.